The third-order valence-corrected chi connectivity index (χ3v) is 3.48. The summed E-state index contributed by atoms with van der Waals surface area (Å²) in [5.74, 6) is 0.0493. The van der Waals surface area contributed by atoms with E-state index in [1.807, 2.05) is 37.3 Å². The highest BCUT2D eigenvalue weighted by molar-refractivity contribution is 6.03. The number of anilines is 1. The zero-order valence-electron chi connectivity index (χ0n) is 10.9. The number of aryl methyl sites for hydroxylation is 1. The molecule has 0 bridgehead atoms. The van der Waals surface area contributed by atoms with Crippen LogP contribution in [0.15, 0.2) is 30.3 Å². The van der Waals surface area contributed by atoms with Gasteiger partial charge in [-0.3, -0.25) is 9.78 Å². The first-order chi connectivity index (χ1) is 9.24. The summed E-state index contributed by atoms with van der Waals surface area (Å²) < 4.78 is 0. The zero-order valence-corrected chi connectivity index (χ0v) is 10.9. The lowest BCUT2D eigenvalue weighted by atomic mass is 10.1. The largest absolute Gasteiger partial charge is 0.324 e. The minimum Gasteiger partial charge on any atom is -0.324 e. The van der Waals surface area contributed by atoms with Crippen molar-refractivity contribution in [1.29, 1.82) is 0 Å². The molecular formula is C15H17N3O. The molecule has 4 nitrogen and oxygen atoms in total. The molecule has 0 spiro atoms. The Kier molecular flexibility index (Phi) is 3.17. The molecule has 4 heteroatoms. The molecule has 3 rings (SSSR count). The second-order valence-electron chi connectivity index (χ2n) is 4.97. The summed E-state index contributed by atoms with van der Waals surface area (Å²) in [6, 6.07) is 9.73. The molecule has 0 unspecified atom stereocenters. The van der Waals surface area contributed by atoms with E-state index in [0.29, 0.717) is 0 Å². The SMILES string of the molecule is Cc1cc(NC(=O)[C@H]2CCCN2)c2ccccc2n1. The van der Waals surface area contributed by atoms with Gasteiger partial charge in [0.25, 0.3) is 0 Å². The number of rotatable bonds is 2. The Morgan fingerprint density at radius 2 is 2.26 bits per heavy atom. The van der Waals surface area contributed by atoms with E-state index < -0.39 is 0 Å². The Bertz CT molecular complexity index is 618. The van der Waals surface area contributed by atoms with Gasteiger partial charge >= 0.3 is 0 Å². The molecule has 1 aliphatic rings. The quantitative estimate of drug-likeness (QED) is 0.865. The zero-order chi connectivity index (χ0) is 13.2. The van der Waals surface area contributed by atoms with Gasteiger partial charge < -0.3 is 10.6 Å². The number of carbonyl (C=O) groups excluding carboxylic acids is 1. The number of hydrogen-bond donors (Lipinski definition) is 2. The predicted octanol–water partition coefficient (Wildman–Crippen LogP) is 2.23. The molecule has 1 amide bonds. The molecule has 2 N–H and O–H groups in total. The molecule has 1 aromatic heterocycles. The highest BCUT2D eigenvalue weighted by Gasteiger charge is 2.22. The molecule has 2 aromatic rings. The molecule has 0 aliphatic carbocycles. The lowest BCUT2D eigenvalue weighted by Crippen LogP contribution is -2.35. The first kappa shape index (κ1) is 12.1. The van der Waals surface area contributed by atoms with Gasteiger partial charge in [-0.2, -0.15) is 0 Å². The number of carbonyl (C=O) groups is 1. The van der Waals surface area contributed by atoms with Gasteiger partial charge in [-0.15, -0.1) is 0 Å². The number of fused-ring (bicyclic) bond motifs is 1. The van der Waals surface area contributed by atoms with Crippen molar-refractivity contribution in [3.63, 3.8) is 0 Å². The van der Waals surface area contributed by atoms with Crippen LogP contribution in [0.3, 0.4) is 0 Å². The second-order valence-corrected chi connectivity index (χ2v) is 4.97. The number of pyridine rings is 1. The monoisotopic (exact) mass is 255 g/mol. The van der Waals surface area contributed by atoms with E-state index >= 15 is 0 Å². The molecule has 1 aliphatic heterocycles. The Balaban J connectivity index is 1.93. The van der Waals surface area contributed by atoms with Gasteiger partial charge in [-0.1, -0.05) is 18.2 Å². The highest BCUT2D eigenvalue weighted by Crippen LogP contribution is 2.23. The fourth-order valence-corrected chi connectivity index (χ4v) is 2.54. The molecule has 1 saturated heterocycles. The third-order valence-electron chi connectivity index (χ3n) is 3.48. The van der Waals surface area contributed by atoms with Crippen molar-refractivity contribution in [2.24, 2.45) is 0 Å². The summed E-state index contributed by atoms with van der Waals surface area (Å²) in [5, 5.41) is 7.22. The number of hydrogen-bond acceptors (Lipinski definition) is 3. The van der Waals surface area contributed by atoms with Crippen LogP contribution in [0.5, 0.6) is 0 Å². The topological polar surface area (TPSA) is 54.0 Å². The Morgan fingerprint density at radius 3 is 3.05 bits per heavy atom. The van der Waals surface area contributed by atoms with E-state index in [9.17, 15) is 4.79 Å². The molecule has 2 heterocycles. The minimum atomic E-state index is -0.0627. The van der Waals surface area contributed by atoms with E-state index in [0.717, 1.165) is 41.7 Å². The summed E-state index contributed by atoms with van der Waals surface area (Å²) in [6.45, 7) is 2.87. The molecular weight excluding hydrogens is 238 g/mol. The van der Waals surface area contributed by atoms with Gasteiger partial charge in [-0.25, -0.2) is 0 Å². The van der Waals surface area contributed by atoms with Crippen LogP contribution < -0.4 is 10.6 Å². The van der Waals surface area contributed by atoms with Crippen LogP contribution in [-0.4, -0.2) is 23.5 Å². The fourth-order valence-electron chi connectivity index (χ4n) is 2.54. The van der Waals surface area contributed by atoms with Crippen molar-refractivity contribution in [3.05, 3.63) is 36.0 Å². The number of para-hydroxylation sites is 1. The van der Waals surface area contributed by atoms with Crippen molar-refractivity contribution in [2.45, 2.75) is 25.8 Å². The lowest BCUT2D eigenvalue weighted by molar-refractivity contribution is -0.117. The van der Waals surface area contributed by atoms with Crippen LogP contribution in [0.25, 0.3) is 10.9 Å². The van der Waals surface area contributed by atoms with Crippen molar-refractivity contribution in [3.8, 4) is 0 Å². The smallest absolute Gasteiger partial charge is 0.241 e. The fraction of sp³-hybridized carbons (Fsp3) is 0.333. The van der Waals surface area contributed by atoms with Gasteiger partial charge in [0.1, 0.15) is 0 Å². The summed E-state index contributed by atoms with van der Waals surface area (Å²) >= 11 is 0. The number of nitrogens with one attached hydrogen (secondary N) is 2. The van der Waals surface area contributed by atoms with Crippen LogP contribution in [0.2, 0.25) is 0 Å². The van der Waals surface area contributed by atoms with Crippen LogP contribution in [0, 0.1) is 6.92 Å². The number of amides is 1. The summed E-state index contributed by atoms with van der Waals surface area (Å²) in [4.78, 5) is 16.6. The van der Waals surface area contributed by atoms with E-state index in [2.05, 4.69) is 15.6 Å². The van der Waals surface area contributed by atoms with Crippen LogP contribution in [-0.2, 0) is 4.79 Å². The molecule has 19 heavy (non-hydrogen) atoms. The standard InChI is InChI=1S/C15H17N3O/c1-10-9-14(11-5-2-3-6-12(11)17-10)18-15(19)13-7-4-8-16-13/h2-3,5-6,9,13,16H,4,7-8H2,1H3,(H,17,18,19)/t13-/m1/s1. The Morgan fingerprint density at radius 1 is 1.42 bits per heavy atom. The third kappa shape index (κ3) is 2.44. The van der Waals surface area contributed by atoms with Gasteiger partial charge in [0, 0.05) is 11.1 Å². The molecule has 98 valence electrons. The molecule has 0 saturated carbocycles. The van der Waals surface area contributed by atoms with E-state index in [1.165, 1.54) is 0 Å². The summed E-state index contributed by atoms with van der Waals surface area (Å²) in [6.07, 6.45) is 1.97. The van der Waals surface area contributed by atoms with Gasteiger partial charge in [0.05, 0.1) is 17.2 Å². The predicted molar refractivity (Wildman–Crippen MR) is 76.1 cm³/mol. The number of aromatic nitrogens is 1. The van der Waals surface area contributed by atoms with Crippen molar-refractivity contribution in [1.82, 2.24) is 10.3 Å². The Labute approximate surface area is 112 Å². The first-order valence-electron chi connectivity index (χ1n) is 6.65. The lowest BCUT2D eigenvalue weighted by Gasteiger charge is -2.13. The van der Waals surface area contributed by atoms with E-state index in [1.54, 1.807) is 0 Å². The molecule has 1 fully saturated rings. The number of benzene rings is 1. The second kappa shape index (κ2) is 4.97. The first-order valence-corrected chi connectivity index (χ1v) is 6.65. The Hall–Kier alpha value is -1.94. The van der Waals surface area contributed by atoms with Crippen molar-refractivity contribution >= 4 is 22.5 Å². The normalized spacial score (nSPS) is 18.7. The average Bonchev–Trinajstić information content (AvgIpc) is 2.92. The summed E-state index contributed by atoms with van der Waals surface area (Å²) in [5.41, 5.74) is 2.67. The van der Waals surface area contributed by atoms with Crippen molar-refractivity contribution in [2.75, 3.05) is 11.9 Å². The van der Waals surface area contributed by atoms with Crippen molar-refractivity contribution < 1.29 is 4.79 Å². The van der Waals surface area contributed by atoms with Gasteiger partial charge in [0.2, 0.25) is 5.91 Å². The maximum atomic E-state index is 12.2. The number of nitrogens with zero attached hydrogens (tertiary/aromatic N) is 1. The minimum absolute atomic E-state index is 0.0493. The van der Waals surface area contributed by atoms with E-state index in [4.69, 9.17) is 0 Å². The molecule has 1 atom stereocenters. The van der Waals surface area contributed by atoms with Crippen LogP contribution in [0.1, 0.15) is 18.5 Å². The van der Waals surface area contributed by atoms with E-state index in [-0.39, 0.29) is 11.9 Å². The highest BCUT2D eigenvalue weighted by atomic mass is 16.2. The van der Waals surface area contributed by atoms with Gasteiger partial charge in [0.15, 0.2) is 0 Å². The summed E-state index contributed by atoms with van der Waals surface area (Å²) in [7, 11) is 0. The van der Waals surface area contributed by atoms with Crippen LogP contribution >= 0.6 is 0 Å². The van der Waals surface area contributed by atoms with Gasteiger partial charge in [-0.05, 0) is 38.4 Å². The molecule has 0 radical (unpaired) electrons. The average molecular weight is 255 g/mol. The maximum Gasteiger partial charge on any atom is 0.241 e. The molecule has 1 aromatic carbocycles. The maximum absolute atomic E-state index is 12.2. The van der Waals surface area contributed by atoms with Crippen LogP contribution in [0.4, 0.5) is 5.69 Å².